The maximum Gasteiger partial charge on any atom is 0.172 e. The van der Waals surface area contributed by atoms with Gasteiger partial charge >= 0.3 is 0 Å². The minimum atomic E-state index is -1.09. The molecule has 0 atom stereocenters. The summed E-state index contributed by atoms with van der Waals surface area (Å²) in [6, 6.07) is 2.07. The minimum Gasteiger partial charge on any atom is -0.399 e. The van der Waals surface area contributed by atoms with Crippen LogP contribution in [0.1, 0.15) is 13.0 Å². The molecule has 16 heavy (non-hydrogen) atoms. The van der Waals surface area contributed by atoms with Gasteiger partial charge < -0.3 is 11.6 Å². The van der Waals surface area contributed by atoms with Crippen molar-refractivity contribution in [2.24, 2.45) is 16.8 Å². The Labute approximate surface area is 92.5 Å². The van der Waals surface area contributed by atoms with Crippen LogP contribution in [0.4, 0.5) is 14.5 Å². The van der Waals surface area contributed by atoms with Gasteiger partial charge in [0.15, 0.2) is 17.5 Å². The van der Waals surface area contributed by atoms with Crippen LogP contribution in [0.5, 0.6) is 0 Å². The molecule has 1 rings (SSSR count). The Hall–Kier alpha value is -1.89. The number of hydrogen-bond acceptors (Lipinski definition) is 4. The summed E-state index contributed by atoms with van der Waals surface area (Å²) in [5, 5.41) is 4.23. The molecule has 5 nitrogen and oxygen atoms in total. The van der Waals surface area contributed by atoms with E-state index >= 15 is 0 Å². The Kier molecular flexibility index (Phi) is 4.64. The number of rotatable bonds is 1. The van der Waals surface area contributed by atoms with E-state index in [0.717, 1.165) is 11.1 Å². The first kappa shape index (κ1) is 14.1. The van der Waals surface area contributed by atoms with Gasteiger partial charge in [0.1, 0.15) is 0 Å². The van der Waals surface area contributed by atoms with Crippen LogP contribution in [-0.4, -0.2) is 17.9 Å². The molecule has 0 aliphatic heterocycles. The predicted octanol–water partition coefficient (Wildman–Crippen LogP) is 0.609. The zero-order valence-corrected chi connectivity index (χ0v) is 8.04. The van der Waals surface area contributed by atoms with E-state index < -0.39 is 11.6 Å². The lowest BCUT2D eigenvalue weighted by molar-refractivity contribution is 0.496. The molecule has 0 spiro atoms. The second-order valence-corrected chi connectivity index (χ2v) is 2.93. The highest BCUT2D eigenvalue weighted by molar-refractivity contribution is 5.99. The number of halogens is 2. The SMILES string of the molecule is C.CN(N)/C(=N\N)c1cc(N)cc(F)c1F. The van der Waals surface area contributed by atoms with Crippen molar-refractivity contribution in [3.05, 3.63) is 29.3 Å². The first-order valence-corrected chi connectivity index (χ1v) is 3.98. The molecule has 1 aromatic rings. The number of anilines is 1. The van der Waals surface area contributed by atoms with Crippen LogP contribution in [0.2, 0.25) is 0 Å². The van der Waals surface area contributed by atoms with E-state index in [1.807, 2.05) is 0 Å². The molecule has 90 valence electrons. The average Bonchev–Trinajstić information content (AvgIpc) is 2.13. The van der Waals surface area contributed by atoms with Crippen molar-refractivity contribution in [3.63, 3.8) is 0 Å². The lowest BCUT2D eigenvalue weighted by atomic mass is 10.1. The topological polar surface area (TPSA) is 93.7 Å². The summed E-state index contributed by atoms with van der Waals surface area (Å²) < 4.78 is 26.3. The summed E-state index contributed by atoms with van der Waals surface area (Å²) >= 11 is 0. The molecule has 0 heterocycles. The minimum absolute atomic E-state index is 0. The number of hydrogen-bond donors (Lipinski definition) is 3. The normalized spacial score (nSPS) is 10.9. The zero-order valence-electron chi connectivity index (χ0n) is 8.04. The van der Waals surface area contributed by atoms with Gasteiger partial charge in [-0.15, -0.1) is 0 Å². The summed E-state index contributed by atoms with van der Waals surface area (Å²) in [5.41, 5.74) is 5.24. The lowest BCUT2D eigenvalue weighted by Crippen LogP contribution is -2.35. The fraction of sp³-hybridized carbons (Fsp3) is 0.222. The van der Waals surface area contributed by atoms with E-state index in [4.69, 9.17) is 17.4 Å². The first-order valence-electron chi connectivity index (χ1n) is 3.98. The van der Waals surface area contributed by atoms with Gasteiger partial charge in [0.25, 0.3) is 0 Å². The lowest BCUT2D eigenvalue weighted by Gasteiger charge is -2.15. The van der Waals surface area contributed by atoms with Gasteiger partial charge in [-0.3, -0.25) is 5.01 Å². The summed E-state index contributed by atoms with van der Waals surface area (Å²) in [6.07, 6.45) is 0. The molecule has 6 N–H and O–H groups in total. The Bertz CT molecular complexity index is 403. The van der Waals surface area contributed by atoms with Gasteiger partial charge in [-0.05, 0) is 12.1 Å². The third kappa shape index (κ3) is 2.57. The van der Waals surface area contributed by atoms with Crippen molar-refractivity contribution >= 4 is 11.5 Å². The Balaban J connectivity index is 0.00000225. The van der Waals surface area contributed by atoms with Crippen molar-refractivity contribution in [1.29, 1.82) is 0 Å². The smallest absolute Gasteiger partial charge is 0.172 e. The maximum atomic E-state index is 13.3. The molecular weight excluding hydrogens is 216 g/mol. The second-order valence-electron chi connectivity index (χ2n) is 2.93. The zero-order chi connectivity index (χ0) is 11.6. The summed E-state index contributed by atoms with van der Waals surface area (Å²) in [6.45, 7) is 0. The van der Waals surface area contributed by atoms with Gasteiger partial charge in [-0.1, -0.05) is 7.43 Å². The van der Waals surface area contributed by atoms with Crippen molar-refractivity contribution in [2.75, 3.05) is 12.8 Å². The maximum absolute atomic E-state index is 13.3. The van der Waals surface area contributed by atoms with Crippen LogP contribution in [0.3, 0.4) is 0 Å². The molecule has 0 amide bonds. The second kappa shape index (κ2) is 5.26. The van der Waals surface area contributed by atoms with Gasteiger partial charge in [-0.25, -0.2) is 14.6 Å². The Morgan fingerprint density at radius 3 is 2.38 bits per heavy atom. The number of amidine groups is 1. The molecule has 7 heteroatoms. The Morgan fingerprint density at radius 2 is 1.94 bits per heavy atom. The molecule has 0 saturated heterocycles. The summed E-state index contributed by atoms with van der Waals surface area (Å²) in [7, 11) is 1.40. The van der Waals surface area contributed by atoms with E-state index in [1.165, 1.54) is 13.1 Å². The van der Waals surface area contributed by atoms with E-state index in [9.17, 15) is 8.78 Å². The van der Waals surface area contributed by atoms with E-state index in [2.05, 4.69) is 5.10 Å². The molecule has 0 aliphatic rings. The van der Waals surface area contributed by atoms with E-state index in [1.54, 1.807) is 0 Å². The third-order valence-electron chi connectivity index (χ3n) is 1.75. The van der Waals surface area contributed by atoms with Crippen molar-refractivity contribution in [3.8, 4) is 0 Å². The number of hydrazine groups is 1. The van der Waals surface area contributed by atoms with Gasteiger partial charge in [0.2, 0.25) is 0 Å². The Morgan fingerprint density at radius 1 is 1.38 bits per heavy atom. The highest BCUT2D eigenvalue weighted by Crippen LogP contribution is 2.17. The molecule has 0 fully saturated rings. The summed E-state index contributed by atoms with van der Waals surface area (Å²) in [5.74, 6) is 8.09. The molecule has 0 unspecified atom stereocenters. The van der Waals surface area contributed by atoms with Crippen molar-refractivity contribution in [1.82, 2.24) is 5.01 Å². The quantitative estimate of drug-likeness (QED) is 0.217. The predicted molar refractivity (Wildman–Crippen MR) is 60.2 cm³/mol. The van der Waals surface area contributed by atoms with Gasteiger partial charge in [-0.2, -0.15) is 5.10 Å². The number of nitrogens with two attached hydrogens (primary N) is 3. The third-order valence-corrected chi connectivity index (χ3v) is 1.75. The standard InChI is InChI=1S/C8H11F2N5.CH4/c1-15(13)8(14-12)5-2-4(11)3-6(9)7(5)10;/h2-3H,11-13H2,1H3;1H4/b14-8-;. The molecule has 1 aromatic carbocycles. The van der Waals surface area contributed by atoms with Crippen LogP contribution in [-0.2, 0) is 0 Å². The molecule has 0 bridgehead atoms. The molecule has 0 radical (unpaired) electrons. The average molecular weight is 231 g/mol. The fourth-order valence-electron chi connectivity index (χ4n) is 1.12. The monoisotopic (exact) mass is 231 g/mol. The number of hydrazone groups is 1. The van der Waals surface area contributed by atoms with E-state index in [0.29, 0.717) is 0 Å². The van der Waals surface area contributed by atoms with Crippen LogP contribution >= 0.6 is 0 Å². The van der Waals surface area contributed by atoms with Crippen LogP contribution in [0, 0.1) is 11.6 Å². The molecule has 0 saturated carbocycles. The van der Waals surface area contributed by atoms with Crippen LogP contribution in [0.15, 0.2) is 17.2 Å². The van der Waals surface area contributed by atoms with Crippen LogP contribution < -0.4 is 17.4 Å². The number of nitrogen functional groups attached to an aromatic ring is 1. The fourth-order valence-corrected chi connectivity index (χ4v) is 1.12. The highest BCUT2D eigenvalue weighted by atomic mass is 19.2. The molecule has 0 aliphatic carbocycles. The molecule has 0 aromatic heterocycles. The molecular formula is C9H15F2N5. The number of benzene rings is 1. The largest absolute Gasteiger partial charge is 0.399 e. The summed E-state index contributed by atoms with van der Waals surface area (Å²) in [4.78, 5) is 0. The number of nitrogens with zero attached hydrogens (tertiary/aromatic N) is 2. The van der Waals surface area contributed by atoms with E-state index in [-0.39, 0.29) is 24.5 Å². The highest BCUT2D eigenvalue weighted by Gasteiger charge is 2.16. The van der Waals surface area contributed by atoms with Crippen LogP contribution in [0.25, 0.3) is 0 Å². The van der Waals surface area contributed by atoms with Crippen molar-refractivity contribution in [2.45, 2.75) is 7.43 Å². The van der Waals surface area contributed by atoms with Gasteiger partial charge in [0.05, 0.1) is 5.56 Å². The first-order chi connectivity index (χ1) is 6.97. The van der Waals surface area contributed by atoms with Gasteiger partial charge in [0, 0.05) is 12.7 Å². The van der Waals surface area contributed by atoms with Crippen molar-refractivity contribution < 1.29 is 8.78 Å².